The van der Waals surface area contributed by atoms with E-state index in [-0.39, 0.29) is 17.7 Å². The Balaban J connectivity index is 3.06. The first-order valence-electron chi connectivity index (χ1n) is 6.43. The number of nitrogens with zero attached hydrogens (tertiary/aromatic N) is 3. The van der Waals surface area contributed by atoms with Gasteiger partial charge >= 0.3 is 5.97 Å². The fourth-order valence-corrected chi connectivity index (χ4v) is 1.62. The molecule has 1 aromatic rings. The van der Waals surface area contributed by atoms with Crippen molar-refractivity contribution in [1.29, 1.82) is 0 Å². The number of ether oxygens (including phenoxy) is 1. The monoisotopic (exact) mass is 273 g/mol. The van der Waals surface area contributed by atoms with Gasteiger partial charge in [0.05, 0.1) is 6.61 Å². The lowest BCUT2D eigenvalue weighted by molar-refractivity contribution is -0.138. The predicted octanol–water partition coefficient (Wildman–Crippen LogP) is 4.20. The summed E-state index contributed by atoms with van der Waals surface area (Å²) in [4.78, 5) is 14.3. The predicted molar refractivity (Wildman–Crippen MR) is 78.9 cm³/mol. The van der Waals surface area contributed by atoms with Gasteiger partial charge in [-0.2, -0.15) is 0 Å². The molecule has 1 rings (SSSR count). The van der Waals surface area contributed by atoms with E-state index < -0.39 is 5.97 Å². The first-order valence-corrected chi connectivity index (χ1v) is 6.43. The highest BCUT2D eigenvalue weighted by Crippen LogP contribution is 2.23. The maximum Gasteiger partial charge on any atom is 0.340 e. The normalized spacial score (nSPS) is 11.7. The molecule has 0 amide bonds. The van der Waals surface area contributed by atoms with Crippen molar-refractivity contribution >= 4 is 12.0 Å². The Morgan fingerprint density at radius 1 is 1.35 bits per heavy atom. The lowest BCUT2D eigenvalue weighted by Gasteiger charge is -2.18. The van der Waals surface area contributed by atoms with Gasteiger partial charge < -0.3 is 4.74 Å². The molecule has 5 nitrogen and oxygen atoms in total. The summed E-state index contributed by atoms with van der Waals surface area (Å²) >= 11 is 0. The molecular weight excluding hydrogens is 254 g/mol. The summed E-state index contributed by atoms with van der Waals surface area (Å²) in [5, 5.41) is 3.38. The molecule has 0 aliphatic rings. The molecule has 0 radical (unpaired) electrons. The van der Waals surface area contributed by atoms with Crippen molar-refractivity contribution in [2.24, 2.45) is 5.11 Å². The molecule has 0 heterocycles. The Morgan fingerprint density at radius 2 is 1.95 bits per heavy atom. The van der Waals surface area contributed by atoms with E-state index in [1.165, 1.54) is 11.6 Å². The van der Waals surface area contributed by atoms with Gasteiger partial charge in [-0.1, -0.05) is 50.2 Å². The van der Waals surface area contributed by atoms with Gasteiger partial charge in [0.1, 0.15) is 5.70 Å². The Kier molecular flexibility index (Phi) is 5.35. The van der Waals surface area contributed by atoms with Gasteiger partial charge in [-0.05, 0) is 35.1 Å². The number of esters is 1. The van der Waals surface area contributed by atoms with Crippen molar-refractivity contribution in [1.82, 2.24) is 0 Å². The van der Waals surface area contributed by atoms with Crippen molar-refractivity contribution in [3.05, 3.63) is 51.5 Å². The average molecular weight is 273 g/mol. The van der Waals surface area contributed by atoms with E-state index in [1.807, 2.05) is 24.3 Å². The third kappa shape index (κ3) is 4.44. The van der Waals surface area contributed by atoms with Gasteiger partial charge in [0.2, 0.25) is 0 Å². The molecule has 0 aliphatic carbocycles. The minimum absolute atomic E-state index is 0.0436. The molecule has 5 heteroatoms. The minimum atomic E-state index is -0.620. The van der Waals surface area contributed by atoms with Crippen LogP contribution in [-0.2, 0) is 14.9 Å². The van der Waals surface area contributed by atoms with Gasteiger partial charge in [-0.3, -0.25) is 0 Å². The van der Waals surface area contributed by atoms with E-state index in [9.17, 15) is 4.79 Å². The Labute approximate surface area is 118 Å². The SMILES string of the molecule is CCOC(=O)/C(=C/c1ccc(C(C)(C)C)cc1)N=[N+]=[N-]. The quantitative estimate of drug-likeness (QED) is 0.271. The largest absolute Gasteiger partial charge is 0.462 e. The standard InChI is InChI=1S/C15H19N3O2/c1-5-20-14(19)13(17-18-16)10-11-6-8-12(9-7-11)15(2,3)4/h6-10H,5H2,1-4H3/b13-10-. The van der Waals surface area contributed by atoms with Crippen LogP contribution in [-0.4, -0.2) is 12.6 Å². The highest BCUT2D eigenvalue weighted by molar-refractivity contribution is 5.93. The van der Waals surface area contributed by atoms with Crippen LogP contribution in [0.5, 0.6) is 0 Å². The van der Waals surface area contributed by atoms with Crippen LogP contribution < -0.4 is 0 Å². The molecule has 0 atom stereocenters. The number of benzene rings is 1. The minimum Gasteiger partial charge on any atom is -0.462 e. The van der Waals surface area contributed by atoms with Gasteiger partial charge in [0.15, 0.2) is 0 Å². The van der Waals surface area contributed by atoms with Crippen molar-refractivity contribution in [3.8, 4) is 0 Å². The van der Waals surface area contributed by atoms with E-state index in [0.29, 0.717) is 0 Å². The summed E-state index contributed by atoms with van der Waals surface area (Å²) in [6.07, 6.45) is 1.52. The van der Waals surface area contributed by atoms with E-state index in [1.54, 1.807) is 6.92 Å². The number of hydrogen-bond acceptors (Lipinski definition) is 3. The van der Waals surface area contributed by atoms with Crippen molar-refractivity contribution in [2.45, 2.75) is 33.1 Å². The second-order valence-electron chi connectivity index (χ2n) is 5.31. The molecule has 106 valence electrons. The van der Waals surface area contributed by atoms with E-state index >= 15 is 0 Å². The molecule has 0 fully saturated rings. The smallest absolute Gasteiger partial charge is 0.340 e. The zero-order chi connectivity index (χ0) is 15.2. The van der Waals surface area contributed by atoms with Gasteiger partial charge in [0.25, 0.3) is 0 Å². The Morgan fingerprint density at radius 3 is 2.40 bits per heavy atom. The Bertz CT molecular complexity index is 547. The molecule has 20 heavy (non-hydrogen) atoms. The second kappa shape index (κ2) is 6.78. The van der Waals surface area contributed by atoms with E-state index in [2.05, 4.69) is 30.8 Å². The summed E-state index contributed by atoms with van der Waals surface area (Å²) in [5.74, 6) is -0.620. The zero-order valence-corrected chi connectivity index (χ0v) is 12.3. The molecular formula is C15H19N3O2. The fraction of sp³-hybridized carbons (Fsp3) is 0.400. The number of rotatable bonds is 4. The maximum absolute atomic E-state index is 11.6. The summed E-state index contributed by atoms with van der Waals surface area (Å²) in [6.45, 7) is 8.31. The van der Waals surface area contributed by atoms with Crippen molar-refractivity contribution in [2.75, 3.05) is 6.61 Å². The maximum atomic E-state index is 11.6. The highest BCUT2D eigenvalue weighted by Gasteiger charge is 2.13. The number of azide groups is 1. The van der Waals surface area contributed by atoms with Gasteiger partial charge in [0, 0.05) is 4.91 Å². The van der Waals surface area contributed by atoms with Crippen LogP contribution in [0.4, 0.5) is 0 Å². The van der Waals surface area contributed by atoms with E-state index in [0.717, 1.165) is 5.56 Å². The molecule has 0 N–H and O–H groups in total. The van der Waals surface area contributed by atoms with Crippen LogP contribution >= 0.6 is 0 Å². The lowest BCUT2D eigenvalue weighted by atomic mass is 9.87. The average Bonchev–Trinajstić information content (AvgIpc) is 2.38. The molecule has 0 aliphatic heterocycles. The Hall–Kier alpha value is -2.26. The molecule has 1 aromatic carbocycles. The van der Waals surface area contributed by atoms with Crippen LogP contribution in [0.1, 0.15) is 38.8 Å². The first-order chi connectivity index (χ1) is 9.38. The van der Waals surface area contributed by atoms with E-state index in [4.69, 9.17) is 10.3 Å². The zero-order valence-electron chi connectivity index (χ0n) is 12.3. The summed E-state index contributed by atoms with van der Waals surface area (Å²) in [6, 6.07) is 7.74. The second-order valence-corrected chi connectivity index (χ2v) is 5.31. The number of hydrogen-bond donors (Lipinski definition) is 0. The highest BCUT2D eigenvalue weighted by atomic mass is 16.5. The van der Waals surface area contributed by atoms with Crippen molar-refractivity contribution < 1.29 is 9.53 Å². The summed E-state index contributed by atoms with van der Waals surface area (Å²) in [5.41, 5.74) is 10.5. The number of carbonyl (C=O) groups excluding carboxylic acids is 1. The van der Waals surface area contributed by atoms with Crippen LogP contribution in [0.15, 0.2) is 35.1 Å². The third-order valence-electron chi connectivity index (χ3n) is 2.72. The van der Waals surface area contributed by atoms with Crippen LogP contribution in [0.2, 0.25) is 0 Å². The van der Waals surface area contributed by atoms with Gasteiger partial charge in [-0.25, -0.2) is 4.79 Å². The van der Waals surface area contributed by atoms with Crippen LogP contribution in [0.25, 0.3) is 16.5 Å². The molecule has 0 unspecified atom stereocenters. The summed E-state index contributed by atoms with van der Waals surface area (Å²) in [7, 11) is 0. The van der Waals surface area contributed by atoms with Crippen molar-refractivity contribution in [3.63, 3.8) is 0 Å². The first kappa shape index (κ1) is 15.8. The fourth-order valence-electron chi connectivity index (χ4n) is 1.62. The molecule has 0 spiro atoms. The van der Waals surface area contributed by atoms with Gasteiger partial charge in [-0.15, -0.1) is 0 Å². The topological polar surface area (TPSA) is 75.1 Å². The number of carbonyl (C=O) groups is 1. The molecule has 0 bridgehead atoms. The van der Waals surface area contributed by atoms with Crippen LogP contribution in [0.3, 0.4) is 0 Å². The molecule has 0 aromatic heterocycles. The summed E-state index contributed by atoms with van der Waals surface area (Å²) < 4.78 is 4.83. The van der Waals surface area contributed by atoms with Crippen LogP contribution in [0, 0.1) is 0 Å². The third-order valence-corrected chi connectivity index (χ3v) is 2.72. The molecule has 0 saturated carbocycles. The lowest BCUT2D eigenvalue weighted by Crippen LogP contribution is -2.10. The molecule has 0 saturated heterocycles.